The van der Waals surface area contributed by atoms with Crippen LogP contribution in [0.1, 0.15) is 11.8 Å². The second-order valence-electron chi connectivity index (χ2n) is 17.4. The van der Waals surface area contributed by atoms with Gasteiger partial charge in [0.15, 0.2) is 6.23 Å². The first-order valence-electron chi connectivity index (χ1n) is 22.3. The van der Waals surface area contributed by atoms with Crippen molar-refractivity contribution in [3.63, 3.8) is 0 Å². The van der Waals surface area contributed by atoms with Gasteiger partial charge in [-0.15, -0.1) is 0 Å². The minimum absolute atomic E-state index is 0.1000. The summed E-state index contributed by atoms with van der Waals surface area (Å²) in [5, 5.41) is 17.7. The molecular weight excluding hydrogens is 809 g/mol. The zero-order valence-electron chi connectivity index (χ0n) is 35.4. The van der Waals surface area contributed by atoms with E-state index in [-0.39, 0.29) is 5.56 Å². The summed E-state index contributed by atoms with van der Waals surface area (Å²) in [7, 11) is 0. The maximum atomic E-state index is 15.0. The quantitative estimate of drug-likeness (QED) is 0.187. The Morgan fingerprint density at radius 3 is 1.62 bits per heavy atom. The number of fused-ring (bicyclic) bond motifs is 8. The van der Waals surface area contributed by atoms with Crippen LogP contribution in [0.4, 0.5) is 0 Å². The van der Waals surface area contributed by atoms with E-state index in [1.54, 1.807) is 0 Å². The summed E-state index contributed by atoms with van der Waals surface area (Å²) < 4.78 is 3.82. The van der Waals surface area contributed by atoms with Crippen molar-refractivity contribution >= 4 is 60.0 Å². The molecule has 0 bridgehead atoms. The molecule has 1 atom stereocenters. The predicted molar refractivity (Wildman–Crippen MR) is 269 cm³/mol. The van der Waals surface area contributed by atoms with Crippen LogP contribution >= 0.6 is 0 Å². The summed E-state index contributed by atoms with van der Waals surface area (Å²) in [6.07, 6.45) is -0.946. The minimum atomic E-state index is -0.946. The molecule has 14 rings (SSSR count). The molecule has 0 saturated carbocycles. The number of aliphatic hydroxyl groups is 1. The fourth-order valence-electron chi connectivity index (χ4n) is 10.8. The molecule has 3 aromatic heterocycles. The van der Waals surface area contributed by atoms with Crippen LogP contribution in [-0.2, 0) is 0 Å². The highest BCUT2D eigenvalue weighted by Crippen LogP contribution is 2.48. The van der Waals surface area contributed by atoms with Crippen molar-refractivity contribution in [1.29, 1.82) is 0 Å². The summed E-state index contributed by atoms with van der Waals surface area (Å²) >= 11 is 0. The van der Waals surface area contributed by atoms with E-state index in [4.69, 9.17) is 9.97 Å². The molecule has 10 aromatic carbocycles. The number of rotatable bonds is 5. The SMILES string of the molecule is O=c1c2ccc(-c3cc4c5c(cccc5c3)C(O)n3c-4nc4c(-c5ccccc5)cc(-c5ccccc5)cc43)c3cccc(c32)c2nc3c(-c4ccccc4)cc(-c4ccccc4)cc3n12. The molecule has 0 spiro atoms. The number of hydrogen-bond donors (Lipinski definition) is 1. The molecule has 6 heteroatoms. The van der Waals surface area contributed by atoms with E-state index in [1.807, 2.05) is 75.7 Å². The van der Waals surface area contributed by atoms with Gasteiger partial charge in [-0.1, -0.05) is 164 Å². The maximum Gasteiger partial charge on any atom is 0.264 e. The summed E-state index contributed by atoms with van der Waals surface area (Å²) in [5.74, 6) is 0.709. The molecule has 308 valence electrons. The van der Waals surface area contributed by atoms with Crippen LogP contribution in [-0.4, -0.2) is 24.0 Å². The number of benzene rings is 10. The van der Waals surface area contributed by atoms with Gasteiger partial charge in [-0.05, 0) is 97.7 Å². The van der Waals surface area contributed by atoms with Crippen molar-refractivity contribution in [2.24, 2.45) is 0 Å². The van der Waals surface area contributed by atoms with Crippen LogP contribution in [0, 0.1) is 0 Å². The average Bonchev–Trinajstić information content (AvgIpc) is 3.97. The number of hydrogen-bond acceptors (Lipinski definition) is 4. The van der Waals surface area contributed by atoms with Gasteiger partial charge in [0, 0.05) is 43.8 Å². The molecule has 1 unspecified atom stereocenters. The molecule has 13 aromatic rings. The van der Waals surface area contributed by atoms with Gasteiger partial charge in [-0.2, -0.15) is 0 Å². The summed E-state index contributed by atoms with van der Waals surface area (Å²) in [4.78, 5) is 25.8. The molecule has 0 radical (unpaired) electrons. The lowest BCUT2D eigenvalue weighted by Crippen LogP contribution is -2.16. The summed E-state index contributed by atoms with van der Waals surface area (Å²) in [5.41, 5.74) is 15.9. The number of pyridine rings is 1. The van der Waals surface area contributed by atoms with E-state index in [9.17, 15) is 5.11 Å². The molecular formula is C60H36N4O2. The highest BCUT2D eigenvalue weighted by atomic mass is 16.3. The first-order chi connectivity index (χ1) is 32.6. The minimum Gasteiger partial charge on any atom is -0.369 e. The molecule has 0 saturated heterocycles. The van der Waals surface area contributed by atoms with Crippen LogP contribution < -0.4 is 5.56 Å². The molecule has 66 heavy (non-hydrogen) atoms. The summed E-state index contributed by atoms with van der Waals surface area (Å²) in [6, 6.07) is 71.0. The van der Waals surface area contributed by atoms with E-state index < -0.39 is 6.23 Å². The zero-order chi connectivity index (χ0) is 43.6. The van der Waals surface area contributed by atoms with Gasteiger partial charge in [0.05, 0.1) is 22.1 Å². The van der Waals surface area contributed by atoms with Crippen molar-refractivity contribution in [3.05, 3.63) is 222 Å². The van der Waals surface area contributed by atoms with Gasteiger partial charge in [0.2, 0.25) is 0 Å². The monoisotopic (exact) mass is 844 g/mol. The third-order valence-corrected chi connectivity index (χ3v) is 13.7. The number of aliphatic hydroxyl groups excluding tert-OH is 1. The topological polar surface area (TPSA) is 72.4 Å². The fourth-order valence-corrected chi connectivity index (χ4v) is 10.8. The number of imidazole rings is 2. The van der Waals surface area contributed by atoms with Crippen LogP contribution in [0.15, 0.2) is 211 Å². The van der Waals surface area contributed by atoms with E-state index in [1.165, 1.54) is 0 Å². The number of aromatic nitrogens is 4. The van der Waals surface area contributed by atoms with E-state index in [0.29, 0.717) is 16.9 Å². The first kappa shape index (κ1) is 36.7. The van der Waals surface area contributed by atoms with Crippen molar-refractivity contribution in [2.45, 2.75) is 6.23 Å². The molecule has 1 aliphatic heterocycles. The predicted octanol–water partition coefficient (Wildman–Crippen LogP) is 13.9. The summed E-state index contributed by atoms with van der Waals surface area (Å²) in [6.45, 7) is 0. The van der Waals surface area contributed by atoms with Gasteiger partial charge in [-0.3, -0.25) is 13.8 Å². The Morgan fingerprint density at radius 2 is 0.970 bits per heavy atom. The fraction of sp³-hybridized carbons (Fsp3) is 0.0167. The van der Waals surface area contributed by atoms with E-state index >= 15 is 4.79 Å². The lowest BCUT2D eigenvalue weighted by Gasteiger charge is -2.26. The molecule has 0 fully saturated rings. The van der Waals surface area contributed by atoms with Gasteiger partial charge < -0.3 is 5.11 Å². The van der Waals surface area contributed by atoms with Crippen molar-refractivity contribution in [3.8, 4) is 67.0 Å². The standard InChI is InChI=1S/C60H36N4O2/c65-59-46-26-13-23-39-29-42(32-50(53(39)46)58-62-56-49(38-21-11-4-12-22-38)31-41(34-52(56)64(58)59)36-17-7-2-8-18-36)43-27-28-47-54-44(43)24-14-25-45(54)57-61-55-48(37-19-9-3-10-20-37)30-40(35-15-5-1-6-16-35)33-51(55)63(57)60(47)66/h1-34,59,65H. The Labute approximate surface area is 377 Å². The van der Waals surface area contributed by atoms with Gasteiger partial charge in [0.1, 0.15) is 11.5 Å². The third kappa shape index (κ3) is 5.24. The lowest BCUT2D eigenvalue weighted by molar-refractivity contribution is 0.152. The third-order valence-electron chi connectivity index (χ3n) is 13.7. The smallest absolute Gasteiger partial charge is 0.264 e. The zero-order valence-corrected chi connectivity index (χ0v) is 35.4. The first-order valence-corrected chi connectivity index (χ1v) is 22.3. The van der Waals surface area contributed by atoms with Crippen molar-refractivity contribution < 1.29 is 5.11 Å². The molecule has 4 heterocycles. The van der Waals surface area contributed by atoms with Crippen molar-refractivity contribution in [1.82, 2.24) is 18.9 Å². The van der Waals surface area contributed by atoms with Crippen LogP contribution in [0.25, 0.3) is 127 Å². The second kappa shape index (κ2) is 13.9. The lowest BCUT2D eigenvalue weighted by atomic mass is 9.88. The van der Waals surface area contributed by atoms with Gasteiger partial charge in [-0.25, -0.2) is 9.97 Å². The van der Waals surface area contributed by atoms with E-state index in [0.717, 1.165) is 116 Å². The highest BCUT2D eigenvalue weighted by molar-refractivity contribution is 6.20. The molecule has 0 amide bonds. The van der Waals surface area contributed by atoms with Crippen LogP contribution in [0.5, 0.6) is 0 Å². The Kier molecular flexibility index (Phi) is 7.73. The van der Waals surface area contributed by atoms with Gasteiger partial charge >= 0.3 is 0 Å². The molecule has 0 aliphatic carbocycles. The highest BCUT2D eigenvalue weighted by Gasteiger charge is 2.31. The van der Waals surface area contributed by atoms with Crippen LogP contribution in [0.2, 0.25) is 0 Å². The Bertz CT molecular complexity index is 4180. The Hall–Kier alpha value is -8.71. The van der Waals surface area contributed by atoms with Crippen molar-refractivity contribution in [2.75, 3.05) is 0 Å². The maximum absolute atomic E-state index is 15.0. The van der Waals surface area contributed by atoms with Gasteiger partial charge in [0.25, 0.3) is 5.56 Å². The number of nitrogens with zero attached hydrogens (tertiary/aromatic N) is 4. The Morgan fingerprint density at radius 1 is 0.409 bits per heavy atom. The largest absolute Gasteiger partial charge is 0.369 e. The Balaban J connectivity index is 1.01. The molecule has 1 aliphatic rings. The average molecular weight is 845 g/mol. The normalized spacial score (nSPS) is 13.4. The molecule has 1 N–H and O–H groups in total. The molecule has 6 nitrogen and oxygen atoms in total. The van der Waals surface area contributed by atoms with Crippen LogP contribution in [0.3, 0.4) is 0 Å². The second-order valence-corrected chi connectivity index (χ2v) is 17.4. The van der Waals surface area contributed by atoms with E-state index in [2.05, 4.69) is 140 Å².